The molecule has 0 atom stereocenters. The average Bonchev–Trinajstić information content (AvgIpc) is 3.95. The van der Waals surface area contributed by atoms with Crippen LogP contribution in [0.3, 0.4) is 0 Å². The number of rotatable bonds is 3. The molecule has 0 aliphatic carbocycles. The summed E-state index contributed by atoms with van der Waals surface area (Å²) in [6.07, 6.45) is 0. The summed E-state index contributed by atoms with van der Waals surface area (Å²) in [6.45, 7) is 0. The molecular weight excluding hydrogens is 659 g/mol. The van der Waals surface area contributed by atoms with Gasteiger partial charge in [-0.1, -0.05) is 97.1 Å². The number of thiophene rings is 1. The molecule has 0 spiro atoms. The molecule has 0 radical (unpaired) electrons. The van der Waals surface area contributed by atoms with E-state index in [2.05, 4.69) is 126 Å². The standard InChI is InChI=1S/C46H25N3O2S/c1-2-12-26(13-3-1)49-36-21-7-4-14-27(36)34-25-40-35(24-37(34)49)41-42(32-19-10-17-30-28-15-5-8-22-38(28)50-43(30)32)47-45(48-46(41)52-40)33-20-11-18-31-29-16-6-9-23-39(29)51-44(31)33/h1-25H. The smallest absolute Gasteiger partial charge is 0.165 e. The van der Waals surface area contributed by atoms with E-state index in [9.17, 15) is 0 Å². The van der Waals surface area contributed by atoms with Crippen molar-refractivity contribution in [3.63, 3.8) is 0 Å². The van der Waals surface area contributed by atoms with Crippen LogP contribution in [0, 0.1) is 0 Å². The van der Waals surface area contributed by atoms with E-state index in [0.29, 0.717) is 5.82 Å². The van der Waals surface area contributed by atoms with Gasteiger partial charge in [-0.15, -0.1) is 11.3 Å². The minimum atomic E-state index is 0.621. The van der Waals surface area contributed by atoms with Crippen molar-refractivity contribution in [2.24, 2.45) is 0 Å². The molecule has 5 aromatic heterocycles. The van der Waals surface area contributed by atoms with Gasteiger partial charge < -0.3 is 13.4 Å². The van der Waals surface area contributed by atoms with Crippen LogP contribution in [-0.4, -0.2) is 14.5 Å². The maximum Gasteiger partial charge on any atom is 0.165 e. The van der Waals surface area contributed by atoms with Crippen molar-refractivity contribution in [3.05, 3.63) is 152 Å². The van der Waals surface area contributed by atoms with Crippen molar-refractivity contribution >= 4 is 97.3 Å². The molecule has 12 rings (SSSR count). The van der Waals surface area contributed by atoms with Gasteiger partial charge >= 0.3 is 0 Å². The molecule has 5 nitrogen and oxygen atoms in total. The van der Waals surface area contributed by atoms with Crippen LogP contribution in [-0.2, 0) is 0 Å². The summed E-state index contributed by atoms with van der Waals surface area (Å²) < 4.78 is 16.7. The average molecular weight is 684 g/mol. The van der Waals surface area contributed by atoms with Crippen molar-refractivity contribution in [2.75, 3.05) is 0 Å². The van der Waals surface area contributed by atoms with E-state index < -0.39 is 0 Å². The first-order valence-corrected chi connectivity index (χ1v) is 18.1. The molecule has 0 N–H and O–H groups in total. The van der Waals surface area contributed by atoms with Gasteiger partial charge in [0.05, 0.1) is 22.3 Å². The number of aromatic nitrogens is 3. The molecule has 0 bridgehead atoms. The number of hydrogen-bond acceptors (Lipinski definition) is 5. The Hall–Kier alpha value is -6.76. The molecule has 0 aliphatic rings. The Balaban J connectivity index is 1.23. The predicted octanol–water partition coefficient (Wildman–Crippen LogP) is 13.1. The van der Waals surface area contributed by atoms with Crippen molar-refractivity contribution in [1.82, 2.24) is 14.5 Å². The monoisotopic (exact) mass is 683 g/mol. The number of fused-ring (bicyclic) bond motifs is 12. The SMILES string of the molecule is c1ccc(-n2c3ccccc3c3cc4sc5nc(-c6cccc7c6oc6ccccc67)nc(-c6cccc7c6oc6ccccc67)c5c4cc32)cc1. The third-order valence-electron chi connectivity index (χ3n) is 10.4. The highest BCUT2D eigenvalue weighted by atomic mass is 32.1. The topological polar surface area (TPSA) is 57.0 Å². The van der Waals surface area contributed by atoms with Crippen LogP contribution in [0.4, 0.5) is 0 Å². The quantitative estimate of drug-likeness (QED) is 0.186. The molecule has 0 fully saturated rings. The lowest BCUT2D eigenvalue weighted by Gasteiger charge is -2.09. The third-order valence-corrected chi connectivity index (χ3v) is 11.5. The summed E-state index contributed by atoms with van der Waals surface area (Å²) in [7, 11) is 0. The van der Waals surface area contributed by atoms with E-state index in [0.717, 1.165) is 92.2 Å². The van der Waals surface area contributed by atoms with Crippen molar-refractivity contribution < 1.29 is 8.83 Å². The molecule has 52 heavy (non-hydrogen) atoms. The van der Waals surface area contributed by atoms with Gasteiger partial charge in [-0.3, -0.25) is 0 Å². The first-order valence-electron chi connectivity index (χ1n) is 17.3. The van der Waals surface area contributed by atoms with Crippen LogP contribution in [0.15, 0.2) is 160 Å². The second-order valence-electron chi connectivity index (χ2n) is 13.3. The first-order chi connectivity index (χ1) is 25.8. The van der Waals surface area contributed by atoms with Crippen LogP contribution in [0.2, 0.25) is 0 Å². The lowest BCUT2D eigenvalue weighted by Crippen LogP contribution is -1.95. The Morgan fingerprint density at radius 1 is 0.462 bits per heavy atom. The van der Waals surface area contributed by atoms with Gasteiger partial charge in [-0.05, 0) is 54.6 Å². The van der Waals surface area contributed by atoms with Crippen LogP contribution in [0.25, 0.3) is 114 Å². The Bertz CT molecular complexity index is 3420. The zero-order chi connectivity index (χ0) is 33.9. The molecule has 0 saturated heterocycles. The number of furan rings is 2. The summed E-state index contributed by atoms with van der Waals surface area (Å²) in [5, 5.41) is 8.82. The molecule has 0 unspecified atom stereocenters. The molecule has 0 amide bonds. The van der Waals surface area contributed by atoms with Gasteiger partial charge in [0.25, 0.3) is 0 Å². The van der Waals surface area contributed by atoms with Crippen LogP contribution in [0.1, 0.15) is 0 Å². The molecule has 12 aromatic rings. The molecule has 7 aromatic carbocycles. The van der Waals surface area contributed by atoms with Crippen LogP contribution >= 0.6 is 11.3 Å². The van der Waals surface area contributed by atoms with Gasteiger partial charge in [0, 0.05) is 59.0 Å². The Morgan fingerprint density at radius 3 is 1.83 bits per heavy atom. The summed E-state index contributed by atoms with van der Waals surface area (Å²) in [5.41, 5.74) is 9.37. The molecule has 0 saturated carbocycles. The maximum atomic E-state index is 6.64. The van der Waals surface area contributed by atoms with E-state index in [1.807, 2.05) is 30.3 Å². The fourth-order valence-electron chi connectivity index (χ4n) is 8.16. The van der Waals surface area contributed by atoms with Gasteiger partial charge in [0.2, 0.25) is 0 Å². The van der Waals surface area contributed by atoms with E-state index in [1.165, 1.54) is 16.3 Å². The molecule has 5 heterocycles. The van der Waals surface area contributed by atoms with Gasteiger partial charge in [-0.2, -0.15) is 0 Å². The molecule has 0 aliphatic heterocycles. The van der Waals surface area contributed by atoms with E-state index in [1.54, 1.807) is 11.3 Å². The number of benzene rings is 7. The summed E-state index contributed by atoms with van der Waals surface area (Å²) >= 11 is 1.71. The fourth-order valence-corrected chi connectivity index (χ4v) is 9.26. The zero-order valence-electron chi connectivity index (χ0n) is 27.5. The van der Waals surface area contributed by atoms with Gasteiger partial charge in [0.1, 0.15) is 27.2 Å². The van der Waals surface area contributed by atoms with E-state index in [4.69, 9.17) is 18.8 Å². The molecular formula is C46H25N3O2S. The van der Waals surface area contributed by atoms with E-state index in [-0.39, 0.29) is 0 Å². The Morgan fingerprint density at radius 2 is 1.08 bits per heavy atom. The lowest BCUT2D eigenvalue weighted by molar-refractivity contribution is 0.669. The second kappa shape index (κ2) is 10.4. The Labute approximate surface area is 299 Å². The minimum Gasteiger partial charge on any atom is -0.455 e. The summed E-state index contributed by atoms with van der Waals surface area (Å²) in [5.74, 6) is 0.621. The highest BCUT2D eigenvalue weighted by Gasteiger charge is 2.24. The number of para-hydroxylation sites is 6. The maximum absolute atomic E-state index is 6.64. The first kappa shape index (κ1) is 28.0. The highest BCUT2D eigenvalue weighted by Crippen LogP contribution is 2.46. The minimum absolute atomic E-state index is 0.621. The molecule has 6 heteroatoms. The summed E-state index contributed by atoms with van der Waals surface area (Å²) in [6, 6.07) is 52.9. The van der Waals surface area contributed by atoms with E-state index >= 15 is 0 Å². The fraction of sp³-hybridized carbons (Fsp3) is 0. The number of nitrogens with zero attached hydrogens (tertiary/aromatic N) is 3. The Kier molecular flexibility index (Phi) is 5.59. The summed E-state index contributed by atoms with van der Waals surface area (Å²) in [4.78, 5) is 11.7. The third kappa shape index (κ3) is 3.81. The predicted molar refractivity (Wildman–Crippen MR) is 215 cm³/mol. The van der Waals surface area contributed by atoms with Crippen molar-refractivity contribution in [2.45, 2.75) is 0 Å². The second-order valence-corrected chi connectivity index (χ2v) is 14.3. The normalized spacial score (nSPS) is 12.2. The van der Waals surface area contributed by atoms with Gasteiger partial charge in [0.15, 0.2) is 5.82 Å². The number of hydrogen-bond donors (Lipinski definition) is 0. The van der Waals surface area contributed by atoms with Crippen LogP contribution in [0.5, 0.6) is 0 Å². The van der Waals surface area contributed by atoms with Gasteiger partial charge in [-0.25, -0.2) is 9.97 Å². The van der Waals surface area contributed by atoms with Crippen LogP contribution < -0.4 is 0 Å². The van der Waals surface area contributed by atoms with Crippen molar-refractivity contribution in [3.8, 4) is 28.3 Å². The van der Waals surface area contributed by atoms with Crippen molar-refractivity contribution in [1.29, 1.82) is 0 Å². The molecule has 242 valence electrons. The highest BCUT2D eigenvalue weighted by molar-refractivity contribution is 7.25. The zero-order valence-corrected chi connectivity index (χ0v) is 28.3. The largest absolute Gasteiger partial charge is 0.455 e. The lowest BCUT2D eigenvalue weighted by atomic mass is 10.0.